The largest absolute Gasteiger partial charge is 0.446 e. The van der Waals surface area contributed by atoms with Crippen LogP contribution in [0.2, 0.25) is 0 Å². The first-order chi connectivity index (χ1) is 7.22. The lowest BCUT2D eigenvalue weighted by molar-refractivity contribution is -0.387. The van der Waals surface area contributed by atoms with Gasteiger partial charge in [-0.15, -0.1) is 0 Å². The molecule has 1 aromatic carbocycles. The number of benzene rings is 1. The van der Waals surface area contributed by atoms with Crippen molar-refractivity contribution in [2.75, 3.05) is 0 Å². The zero-order valence-corrected chi connectivity index (χ0v) is 8.66. The Hall–Kier alpha value is -1.31. The van der Waals surface area contributed by atoms with Crippen molar-refractivity contribution in [1.82, 2.24) is 0 Å². The number of hydrogen-bond donors (Lipinski definition) is 0. The van der Waals surface area contributed by atoms with Crippen molar-refractivity contribution >= 4 is 17.4 Å². The molecule has 0 fully saturated rings. The summed E-state index contributed by atoms with van der Waals surface area (Å²) in [7, 11) is 0. The van der Waals surface area contributed by atoms with E-state index in [1.54, 1.807) is 0 Å². The molecule has 0 aliphatic heterocycles. The van der Waals surface area contributed by atoms with Crippen molar-refractivity contribution < 1.29 is 22.5 Å². The molecular formula is C8H5F4NO2S. The fourth-order valence-electron chi connectivity index (χ4n) is 1.03. The van der Waals surface area contributed by atoms with E-state index in [0.717, 1.165) is 19.1 Å². The van der Waals surface area contributed by atoms with Gasteiger partial charge < -0.3 is 0 Å². The standard InChI is InChI=1S/C8H5F4NO2S/c1-4-6(16-8(10,11)12)3-2-5(7(4)9)13(14)15/h2-3H,1H3. The minimum Gasteiger partial charge on any atom is -0.258 e. The first-order valence-corrected chi connectivity index (χ1v) is 4.73. The van der Waals surface area contributed by atoms with Crippen LogP contribution >= 0.6 is 11.8 Å². The van der Waals surface area contributed by atoms with Gasteiger partial charge >= 0.3 is 11.2 Å². The molecular weight excluding hydrogens is 250 g/mol. The molecule has 0 saturated carbocycles. The van der Waals surface area contributed by atoms with Crippen LogP contribution in [-0.4, -0.2) is 10.4 Å². The molecule has 1 rings (SSSR count). The molecule has 0 bridgehead atoms. The molecule has 3 nitrogen and oxygen atoms in total. The van der Waals surface area contributed by atoms with Gasteiger partial charge in [-0.2, -0.15) is 17.6 Å². The topological polar surface area (TPSA) is 43.1 Å². The van der Waals surface area contributed by atoms with E-state index in [0.29, 0.717) is 0 Å². The maximum atomic E-state index is 13.3. The van der Waals surface area contributed by atoms with Gasteiger partial charge in [-0.25, -0.2) is 0 Å². The highest BCUT2D eigenvalue weighted by Crippen LogP contribution is 2.40. The third kappa shape index (κ3) is 2.84. The average Bonchev–Trinajstić information content (AvgIpc) is 2.10. The summed E-state index contributed by atoms with van der Waals surface area (Å²) in [4.78, 5) is 8.95. The highest BCUT2D eigenvalue weighted by molar-refractivity contribution is 8.00. The number of thioether (sulfide) groups is 1. The van der Waals surface area contributed by atoms with E-state index >= 15 is 0 Å². The van der Waals surface area contributed by atoms with Gasteiger partial charge in [0.25, 0.3) is 0 Å². The Morgan fingerprint density at radius 2 is 1.94 bits per heavy atom. The number of nitro benzene ring substituents is 1. The molecule has 0 aliphatic rings. The van der Waals surface area contributed by atoms with Crippen molar-refractivity contribution in [2.45, 2.75) is 17.3 Å². The predicted octanol–water partition coefficient (Wildman–Crippen LogP) is 3.65. The molecule has 0 aromatic heterocycles. The zero-order valence-electron chi connectivity index (χ0n) is 7.84. The zero-order chi connectivity index (χ0) is 12.5. The van der Waals surface area contributed by atoms with E-state index in [1.165, 1.54) is 0 Å². The molecule has 0 heterocycles. The molecule has 88 valence electrons. The van der Waals surface area contributed by atoms with Crippen molar-refractivity contribution in [3.05, 3.63) is 33.6 Å². The SMILES string of the molecule is Cc1c(SC(F)(F)F)ccc([N+](=O)[O-])c1F. The summed E-state index contributed by atoms with van der Waals surface area (Å²) in [5, 5.41) is 10.3. The van der Waals surface area contributed by atoms with Crippen LogP contribution in [0.4, 0.5) is 23.2 Å². The van der Waals surface area contributed by atoms with Crippen LogP contribution in [0.15, 0.2) is 17.0 Å². The van der Waals surface area contributed by atoms with E-state index < -0.39 is 33.7 Å². The van der Waals surface area contributed by atoms with Gasteiger partial charge in [-0.1, -0.05) is 0 Å². The Morgan fingerprint density at radius 1 is 1.38 bits per heavy atom. The van der Waals surface area contributed by atoms with Crippen molar-refractivity contribution in [2.24, 2.45) is 0 Å². The molecule has 0 atom stereocenters. The van der Waals surface area contributed by atoms with Crippen molar-refractivity contribution in [1.29, 1.82) is 0 Å². The minimum atomic E-state index is -4.55. The van der Waals surface area contributed by atoms with Crippen LogP contribution in [0.5, 0.6) is 0 Å². The maximum absolute atomic E-state index is 13.3. The Kier molecular flexibility index (Phi) is 3.41. The van der Waals surface area contributed by atoms with Gasteiger partial charge in [-0.05, 0) is 24.8 Å². The summed E-state index contributed by atoms with van der Waals surface area (Å²) in [5.74, 6) is -1.24. The summed E-state index contributed by atoms with van der Waals surface area (Å²) >= 11 is -0.501. The third-order valence-electron chi connectivity index (χ3n) is 1.74. The Labute approximate surface area is 91.6 Å². The van der Waals surface area contributed by atoms with Crippen molar-refractivity contribution in [3.8, 4) is 0 Å². The molecule has 0 saturated heterocycles. The molecule has 0 amide bonds. The monoisotopic (exact) mass is 255 g/mol. The van der Waals surface area contributed by atoms with Crippen LogP contribution in [0.25, 0.3) is 0 Å². The van der Waals surface area contributed by atoms with E-state index in [2.05, 4.69) is 0 Å². The Morgan fingerprint density at radius 3 is 2.38 bits per heavy atom. The van der Waals surface area contributed by atoms with E-state index in [4.69, 9.17) is 0 Å². The normalized spacial score (nSPS) is 11.6. The summed E-state index contributed by atoms with van der Waals surface area (Å²) in [5.41, 5.74) is -5.76. The minimum absolute atomic E-state index is 0.378. The van der Waals surface area contributed by atoms with Crippen LogP contribution in [0.1, 0.15) is 5.56 Å². The summed E-state index contributed by atoms with van der Waals surface area (Å²) < 4.78 is 49.3. The summed E-state index contributed by atoms with van der Waals surface area (Å²) in [6.07, 6.45) is 0. The number of hydrogen-bond acceptors (Lipinski definition) is 3. The highest BCUT2D eigenvalue weighted by Gasteiger charge is 2.31. The lowest BCUT2D eigenvalue weighted by Crippen LogP contribution is -2.02. The second kappa shape index (κ2) is 4.28. The Balaban J connectivity index is 3.17. The number of nitro groups is 1. The average molecular weight is 255 g/mol. The van der Waals surface area contributed by atoms with Gasteiger partial charge in [0.1, 0.15) is 0 Å². The van der Waals surface area contributed by atoms with E-state index in [9.17, 15) is 27.7 Å². The van der Waals surface area contributed by atoms with Gasteiger partial charge in [-0.3, -0.25) is 10.1 Å². The second-order valence-electron chi connectivity index (χ2n) is 2.83. The van der Waals surface area contributed by atoms with E-state index in [1.807, 2.05) is 0 Å². The maximum Gasteiger partial charge on any atom is 0.446 e. The third-order valence-corrected chi connectivity index (χ3v) is 2.63. The van der Waals surface area contributed by atoms with Crippen LogP contribution < -0.4 is 0 Å². The van der Waals surface area contributed by atoms with Gasteiger partial charge in [0.15, 0.2) is 0 Å². The molecule has 16 heavy (non-hydrogen) atoms. The molecule has 1 aromatic rings. The number of nitrogens with zero attached hydrogens (tertiary/aromatic N) is 1. The molecule has 0 spiro atoms. The van der Waals surface area contributed by atoms with E-state index in [-0.39, 0.29) is 10.5 Å². The number of rotatable bonds is 2. The highest BCUT2D eigenvalue weighted by atomic mass is 32.2. The molecule has 0 aliphatic carbocycles. The lowest BCUT2D eigenvalue weighted by Gasteiger charge is -2.08. The Bertz CT molecular complexity index is 433. The van der Waals surface area contributed by atoms with Gasteiger partial charge in [0.05, 0.1) is 4.92 Å². The molecule has 8 heteroatoms. The first kappa shape index (κ1) is 12.8. The first-order valence-electron chi connectivity index (χ1n) is 3.91. The number of halogens is 4. The molecule has 0 unspecified atom stereocenters. The fraction of sp³-hybridized carbons (Fsp3) is 0.250. The smallest absolute Gasteiger partial charge is 0.258 e. The fourth-order valence-corrected chi connectivity index (χ4v) is 1.66. The number of alkyl halides is 3. The van der Waals surface area contributed by atoms with Crippen molar-refractivity contribution in [3.63, 3.8) is 0 Å². The van der Waals surface area contributed by atoms with Gasteiger partial charge in [0.2, 0.25) is 5.82 Å². The predicted molar refractivity (Wildman–Crippen MR) is 49.7 cm³/mol. The summed E-state index contributed by atoms with van der Waals surface area (Å²) in [6, 6.07) is 1.60. The molecule has 0 radical (unpaired) electrons. The van der Waals surface area contributed by atoms with Gasteiger partial charge in [0, 0.05) is 16.5 Å². The van der Waals surface area contributed by atoms with Crippen LogP contribution in [0, 0.1) is 22.9 Å². The quantitative estimate of drug-likeness (QED) is 0.350. The lowest BCUT2D eigenvalue weighted by atomic mass is 10.2. The summed E-state index contributed by atoms with van der Waals surface area (Å²) in [6.45, 7) is 1.07. The molecule has 0 N–H and O–H groups in total. The second-order valence-corrected chi connectivity index (χ2v) is 3.93. The van der Waals surface area contributed by atoms with Crippen LogP contribution in [0.3, 0.4) is 0 Å². The van der Waals surface area contributed by atoms with Crippen LogP contribution in [-0.2, 0) is 0 Å².